The van der Waals surface area contributed by atoms with Gasteiger partial charge in [0.1, 0.15) is 0 Å². The van der Waals surface area contributed by atoms with Crippen LogP contribution >= 0.6 is 15.9 Å². The van der Waals surface area contributed by atoms with Gasteiger partial charge in [-0.3, -0.25) is 4.79 Å². The Morgan fingerprint density at radius 3 is 2.50 bits per heavy atom. The van der Waals surface area contributed by atoms with E-state index in [0.29, 0.717) is 0 Å². The normalized spacial score (nSPS) is 13.2. The van der Waals surface area contributed by atoms with E-state index >= 15 is 0 Å². The van der Waals surface area contributed by atoms with E-state index in [0.717, 1.165) is 21.1 Å². The van der Waals surface area contributed by atoms with Gasteiger partial charge in [0.05, 0.1) is 5.92 Å². The molecule has 2 aromatic rings. The van der Waals surface area contributed by atoms with Gasteiger partial charge in [-0.2, -0.15) is 0 Å². The Hall–Kier alpha value is -1.29. The molecular weight excluding hydrogens is 294 g/mol. The maximum absolute atomic E-state index is 11.2. The number of nitrogens with zero attached hydrogens (tertiary/aromatic N) is 1. The fraction of sp³-hybridized carbons (Fsp3) is 0.357. The van der Waals surface area contributed by atoms with Gasteiger partial charge in [-0.15, -0.1) is 0 Å². The number of hydrogen-bond donors (Lipinski definition) is 1. The van der Waals surface area contributed by atoms with Crippen molar-refractivity contribution in [2.75, 3.05) is 0 Å². The molecular formula is C14H16BrNO2. The molecule has 0 spiro atoms. The number of carboxylic acids is 1. The van der Waals surface area contributed by atoms with Crippen LogP contribution in [0, 0.1) is 0 Å². The first-order valence-corrected chi connectivity index (χ1v) is 6.74. The van der Waals surface area contributed by atoms with Crippen LogP contribution in [0.2, 0.25) is 0 Å². The minimum atomic E-state index is -0.793. The first kappa shape index (κ1) is 13.1. The molecule has 1 unspecified atom stereocenters. The van der Waals surface area contributed by atoms with Gasteiger partial charge in [0.15, 0.2) is 0 Å². The van der Waals surface area contributed by atoms with Crippen molar-refractivity contribution in [1.82, 2.24) is 4.57 Å². The highest BCUT2D eigenvalue weighted by molar-refractivity contribution is 9.10. The number of hydrogen-bond acceptors (Lipinski definition) is 1. The Labute approximate surface area is 115 Å². The van der Waals surface area contributed by atoms with Crippen LogP contribution in [0.3, 0.4) is 0 Å². The van der Waals surface area contributed by atoms with Crippen LogP contribution in [0.4, 0.5) is 0 Å². The highest BCUT2D eigenvalue weighted by Gasteiger charge is 2.21. The van der Waals surface area contributed by atoms with Crippen molar-refractivity contribution in [1.29, 1.82) is 0 Å². The lowest BCUT2D eigenvalue weighted by Gasteiger charge is -2.17. The van der Waals surface area contributed by atoms with Crippen LogP contribution < -0.4 is 0 Å². The van der Waals surface area contributed by atoms with Crippen molar-refractivity contribution < 1.29 is 9.90 Å². The summed E-state index contributed by atoms with van der Waals surface area (Å²) in [4.78, 5) is 11.2. The van der Waals surface area contributed by atoms with Crippen LogP contribution in [0.15, 0.2) is 28.7 Å². The topological polar surface area (TPSA) is 42.2 Å². The smallest absolute Gasteiger partial charge is 0.312 e. The SMILES string of the molecule is CC(C(=O)O)c1cc2ccc(Br)cc2n1C(C)C. The molecule has 1 atom stereocenters. The molecule has 0 aliphatic heterocycles. The Morgan fingerprint density at radius 2 is 1.94 bits per heavy atom. The van der Waals surface area contributed by atoms with Gasteiger partial charge in [0.2, 0.25) is 0 Å². The van der Waals surface area contributed by atoms with Crippen molar-refractivity contribution in [3.05, 3.63) is 34.4 Å². The van der Waals surface area contributed by atoms with E-state index in [-0.39, 0.29) is 6.04 Å². The zero-order valence-electron chi connectivity index (χ0n) is 10.6. The van der Waals surface area contributed by atoms with E-state index in [2.05, 4.69) is 34.3 Å². The Kier molecular flexibility index (Phi) is 3.48. The number of benzene rings is 1. The third-order valence-electron chi connectivity index (χ3n) is 3.16. The quantitative estimate of drug-likeness (QED) is 0.924. The van der Waals surface area contributed by atoms with Crippen LogP contribution in [-0.2, 0) is 4.79 Å². The summed E-state index contributed by atoms with van der Waals surface area (Å²) < 4.78 is 3.10. The van der Waals surface area contributed by atoms with Crippen molar-refractivity contribution in [2.45, 2.75) is 32.7 Å². The third-order valence-corrected chi connectivity index (χ3v) is 3.66. The summed E-state index contributed by atoms with van der Waals surface area (Å²) in [7, 11) is 0. The highest BCUT2D eigenvalue weighted by Crippen LogP contribution is 2.30. The first-order chi connectivity index (χ1) is 8.41. The van der Waals surface area contributed by atoms with Gasteiger partial charge >= 0.3 is 5.97 Å². The van der Waals surface area contributed by atoms with Crippen molar-refractivity contribution in [2.24, 2.45) is 0 Å². The summed E-state index contributed by atoms with van der Waals surface area (Å²) in [5.41, 5.74) is 1.92. The van der Waals surface area contributed by atoms with Gasteiger partial charge in [-0.1, -0.05) is 22.0 Å². The zero-order chi connectivity index (χ0) is 13.4. The number of rotatable bonds is 3. The van der Waals surface area contributed by atoms with E-state index in [1.54, 1.807) is 6.92 Å². The van der Waals surface area contributed by atoms with Crippen molar-refractivity contribution in [3.8, 4) is 0 Å². The van der Waals surface area contributed by atoms with Crippen LogP contribution in [0.1, 0.15) is 38.4 Å². The number of aliphatic carboxylic acids is 1. The fourth-order valence-electron chi connectivity index (χ4n) is 2.25. The summed E-state index contributed by atoms with van der Waals surface area (Å²) in [6.45, 7) is 5.86. The summed E-state index contributed by atoms with van der Waals surface area (Å²) in [5.74, 6) is -1.29. The predicted molar refractivity (Wildman–Crippen MR) is 76.1 cm³/mol. The Bertz CT molecular complexity index is 601. The summed E-state index contributed by atoms with van der Waals surface area (Å²) in [6, 6.07) is 8.22. The van der Waals surface area contributed by atoms with E-state index in [1.807, 2.05) is 24.3 Å². The number of carbonyl (C=O) groups is 1. The maximum Gasteiger partial charge on any atom is 0.312 e. The van der Waals surface area contributed by atoms with Crippen molar-refractivity contribution in [3.63, 3.8) is 0 Å². The number of fused-ring (bicyclic) bond motifs is 1. The van der Waals surface area contributed by atoms with E-state index < -0.39 is 11.9 Å². The van der Waals surface area contributed by atoms with Crippen molar-refractivity contribution >= 4 is 32.8 Å². The molecule has 2 rings (SSSR count). The third kappa shape index (κ3) is 2.17. The molecule has 96 valence electrons. The molecule has 0 aliphatic rings. The van der Waals surface area contributed by atoms with Gasteiger partial charge in [0, 0.05) is 21.7 Å². The lowest BCUT2D eigenvalue weighted by Crippen LogP contribution is -2.14. The molecule has 1 aromatic heterocycles. The maximum atomic E-state index is 11.2. The van der Waals surface area contributed by atoms with E-state index in [9.17, 15) is 9.90 Å². The molecule has 0 fully saturated rings. The molecule has 0 saturated heterocycles. The lowest BCUT2D eigenvalue weighted by molar-refractivity contribution is -0.138. The number of halogens is 1. The first-order valence-electron chi connectivity index (χ1n) is 5.95. The van der Waals surface area contributed by atoms with Gasteiger partial charge in [0.25, 0.3) is 0 Å². The summed E-state index contributed by atoms with van der Waals surface area (Å²) in [6.07, 6.45) is 0. The molecule has 0 amide bonds. The van der Waals surface area contributed by atoms with Crippen LogP contribution in [0.5, 0.6) is 0 Å². The fourth-order valence-corrected chi connectivity index (χ4v) is 2.60. The van der Waals surface area contributed by atoms with Gasteiger partial charge < -0.3 is 9.67 Å². The van der Waals surface area contributed by atoms with Crippen LogP contribution in [0.25, 0.3) is 10.9 Å². The lowest BCUT2D eigenvalue weighted by atomic mass is 10.1. The summed E-state index contributed by atoms with van der Waals surface area (Å²) in [5, 5.41) is 10.3. The molecule has 0 radical (unpaired) electrons. The largest absolute Gasteiger partial charge is 0.481 e. The molecule has 18 heavy (non-hydrogen) atoms. The molecule has 0 saturated carbocycles. The second-order valence-corrected chi connectivity index (χ2v) is 5.71. The molecule has 3 nitrogen and oxygen atoms in total. The van der Waals surface area contributed by atoms with E-state index in [4.69, 9.17) is 0 Å². The average Bonchev–Trinajstić information content (AvgIpc) is 2.65. The molecule has 1 aromatic carbocycles. The zero-order valence-corrected chi connectivity index (χ0v) is 12.2. The monoisotopic (exact) mass is 309 g/mol. The minimum absolute atomic E-state index is 0.230. The molecule has 0 bridgehead atoms. The second-order valence-electron chi connectivity index (χ2n) is 4.80. The predicted octanol–water partition coefficient (Wildman–Crippen LogP) is 4.17. The number of carboxylic acid groups (broad SMARTS) is 1. The highest BCUT2D eigenvalue weighted by atomic mass is 79.9. The second kappa shape index (κ2) is 4.76. The molecule has 4 heteroatoms. The van der Waals surface area contributed by atoms with Gasteiger partial charge in [-0.05, 0) is 44.4 Å². The van der Waals surface area contributed by atoms with Gasteiger partial charge in [-0.25, -0.2) is 0 Å². The molecule has 0 aliphatic carbocycles. The Morgan fingerprint density at radius 1 is 1.28 bits per heavy atom. The van der Waals surface area contributed by atoms with Crippen LogP contribution in [-0.4, -0.2) is 15.6 Å². The van der Waals surface area contributed by atoms with E-state index in [1.165, 1.54) is 0 Å². The average molecular weight is 310 g/mol. The molecule has 1 N–H and O–H groups in total. The summed E-state index contributed by atoms with van der Waals surface area (Å²) >= 11 is 3.46. The Balaban J connectivity index is 2.73. The standard InChI is InChI=1S/C14H16BrNO2/c1-8(2)16-12(9(3)14(17)18)6-10-4-5-11(15)7-13(10)16/h4-9H,1-3H3,(H,17,18). The minimum Gasteiger partial charge on any atom is -0.481 e. The number of aromatic nitrogens is 1. The molecule has 1 heterocycles.